The SMILES string of the molecule is CP(C)(=O)c1cccc2c(-c3nc(N[C@H]4CC[C@]5(CCNC5)C4)ncc3C(F)(F)F)c[nH]c12. The van der Waals surface area contributed by atoms with E-state index in [1.54, 1.807) is 31.5 Å². The van der Waals surface area contributed by atoms with Gasteiger partial charge in [0.05, 0.1) is 11.2 Å². The molecule has 176 valence electrons. The first kappa shape index (κ1) is 22.4. The average Bonchev–Trinajstić information content (AvgIpc) is 3.47. The summed E-state index contributed by atoms with van der Waals surface area (Å²) in [7, 11) is -2.63. The molecule has 33 heavy (non-hydrogen) atoms. The van der Waals surface area contributed by atoms with Crippen LogP contribution in [-0.2, 0) is 10.7 Å². The molecule has 3 heterocycles. The Labute approximate surface area is 190 Å². The number of aromatic amines is 1. The van der Waals surface area contributed by atoms with E-state index in [1.807, 2.05) is 0 Å². The summed E-state index contributed by atoms with van der Waals surface area (Å²) < 4.78 is 54.4. The Bertz CT molecular complexity index is 1240. The second-order valence-electron chi connectivity index (χ2n) is 9.72. The van der Waals surface area contributed by atoms with E-state index in [9.17, 15) is 17.7 Å². The average molecular weight is 477 g/mol. The number of hydrogen-bond acceptors (Lipinski definition) is 5. The molecule has 2 atom stereocenters. The van der Waals surface area contributed by atoms with Crippen LogP contribution in [0.4, 0.5) is 19.1 Å². The second kappa shape index (κ2) is 7.84. The van der Waals surface area contributed by atoms with Crippen molar-refractivity contribution in [1.29, 1.82) is 0 Å². The third kappa shape index (κ3) is 4.17. The normalized spacial score (nSPS) is 23.6. The van der Waals surface area contributed by atoms with E-state index in [4.69, 9.17) is 0 Å². The van der Waals surface area contributed by atoms with Crippen LogP contribution in [0.5, 0.6) is 0 Å². The highest BCUT2D eigenvalue weighted by atomic mass is 31.2. The van der Waals surface area contributed by atoms with Crippen molar-refractivity contribution < 1.29 is 17.7 Å². The summed E-state index contributed by atoms with van der Waals surface area (Å²) in [6.07, 6.45) is 1.89. The monoisotopic (exact) mass is 477 g/mol. The second-order valence-corrected chi connectivity index (χ2v) is 12.9. The summed E-state index contributed by atoms with van der Waals surface area (Å²) in [6.45, 7) is 5.29. The molecule has 0 unspecified atom stereocenters. The van der Waals surface area contributed by atoms with Gasteiger partial charge in [-0.2, -0.15) is 13.2 Å². The van der Waals surface area contributed by atoms with Crippen molar-refractivity contribution in [3.05, 3.63) is 36.2 Å². The van der Waals surface area contributed by atoms with E-state index in [-0.39, 0.29) is 23.1 Å². The highest BCUT2D eigenvalue weighted by molar-refractivity contribution is 7.70. The van der Waals surface area contributed by atoms with Crippen molar-refractivity contribution in [2.24, 2.45) is 5.41 Å². The number of H-pyrrole nitrogens is 1. The Kier molecular flexibility index (Phi) is 5.33. The van der Waals surface area contributed by atoms with Crippen LogP contribution in [0, 0.1) is 5.41 Å². The first-order valence-corrected chi connectivity index (χ1v) is 13.7. The molecule has 5 rings (SSSR count). The smallest absolute Gasteiger partial charge is 0.360 e. The molecular weight excluding hydrogens is 450 g/mol. The van der Waals surface area contributed by atoms with Gasteiger partial charge in [0.1, 0.15) is 12.7 Å². The summed E-state index contributed by atoms with van der Waals surface area (Å²) in [5, 5.41) is 7.86. The lowest BCUT2D eigenvalue weighted by Gasteiger charge is -2.22. The van der Waals surface area contributed by atoms with Crippen LogP contribution in [-0.4, -0.2) is 47.4 Å². The summed E-state index contributed by atoms with van der Waals surface area (Å²) in [5.41, 5.74) is 0.0991. The molecule has 1 saturated heterocycles. The Morgan fingerprint density at radius 3 is 2.76 bits per heavy atom. The maximum absolute atomic E-state index is 13.9. The number of hydrogen-bond donors (Lipinski definition) is 3. The van der Waals surface area contributed by atoms with E-state index >= 15 is 0 Å². The van der Waals surface area contributed by atoms with E-state index in [1.165, 1.54) is 6.20 Å². The number of para-hydroxylation sites is 1. The number of rotatable bonds is 4. The lowest BCUT2D eigenvalue weighted by Crippen LogP contribution is -2.24. The van der Waals surface area contributed by atoms with Crippen LogP contribution in [0.1, 0.15) is 31.2 Å². The van der Waals surface area contributed by atoms with Crippen LogP contribution >= 0.6 is 7.14 Å². The van der Waals surface area contributed by atoms with Gasteiger partial charge in [-0.05, 0) is 57.0 Å². The van der Waals surface area contributed by atoms with Crippen molar-refractivity contribution in [1.82, 2.24) is 20.3 Å². The minimum absolute atomic E-state index is 0.134. The zero-order valence-corrected chi connectivity index (χ0v) is 19.5. The highest BCUT2D eigenvalue weighted by Gasteiger charge is 2.41. The minimum atomic E-state index is -4.60. The maximum atomic E-state index is 13.9. The molecule has 0 radical (unpaired) electrons. The molecule has 2 fully saturated rings. The molecule has 1 aliphatic heterocycles. The number of nitrogens with zero attached hydrogens (tertiary/aromatic N) is 2. The highest BCUT2D eigenvalue weighted by Crippen LogP contribution is 2.44. The largest absolute Gasteiger partial charge is 0.419 e. The number of nitrogens with one attached hydrogen (secondary N) is 3. The Balaban J connectivity index is 1.55. The van der Waals surface area contributed by atoms with Crippen molar-refractivity contribution in [3.63, 3.8) is 0 Å². The molecule has 0 amide bonds. The molecule has 1 spiro atoms. The van der Waals surface area contributed by atoms with Crippen LogP contribution in [0.25, 0.3) is 22.2 Å². The van der Waals surface area contributed by atoms with Gasteiger partial charge in [0.2, 0.25) is 5.95 Å². The summed E-state index contributed by atoms with van der Waals surface area (Å²) in [4.78, 5) is 11.4. The number of alkyl halides is 3. The number of fused-ring (bicyclic) bond motifs is 1. The predicted octanol–water partition coefficient (Wildman–Crippen LogP) is 4.84. The van der Waals surface area contributed by atoms with Gasteiger partial charge >= 0.3 is 6.18 Å². The third-order valence-corrected chi connectivity index (χ3v) is 8.52. The predicted molar refractivity (Wildman–Crippen MR) is 125 cm³/mol. The number of anilines is 1. The maximum Gasteiger partial charge on any atom is 0.419 e. The molecule has 6 nitrogen and oxygen atoms in total. The van der Waals surface area contributed by atoms with Gasteiger partial charge in [-0.1, -0.05) is 12.1 Å². The van der Waals surface area contributed by atoms with Crippen LogP contribution in [0.3, 0.4) is 0 Å². The molecule has 10 heteroatoms. The van der Waals surface area contributed by atoms with Gasteiger partial charge in [-0.3, -0.25) is 0 Å². The first-order chi connectivity index (χ1) is 15.6. The van der Waals surface area contributed by atoms with Crippen LogP contribution in [0.15, 0.2) is 30.6 Å². The van der Waals surface area contributed by atoms with Gasteiger partial charge in [-0.15, -0.1) is 0 Å². The third-order valence-electron chi connectivity index (χ3n) is 6.99. The Morgan fingerprint density at radius 1 is 1.24 bits per heavy atom. The van der Waals surface area contributed by atoms with E-state index < -0.39 is 18.9 Å². The molecule has 2 aliphatic rings. The zero-order valence-electron chi connectivity index (χ0n) is 18.6. The fourth-order valence-electron chi connectivity index (χ4n) is 5.34. The molecule has 1 saturated carbocycles. The number of aromatic nitrogens is 3. The molecule has 2 aromatic heterocycles. The molecule has 1 aromatic carbocycles. The van der Waals surface area contributed by atoms with Crippen molar-refractivity contribution in [2.45, 2.75) is 37.9 Å². The van der Waals surface area contributed by atoms with E-state index in [0.717, 1.165) is 45.0 Å². The Morgan fingerprint density at radius 2 is 2.06 bits per heavy atom. The summed E-state index contributed by atoms with van der Waals surface area (Å²) >= 11 is 0. The van der Waals surface area contributed by atoms with Crippen LogP contribution in [0.2, 0.25) is 0 Å². The summed E-state index contributed by atoms with van der Waals surface area (Å²) in [6, 6.07) is 5.32. The Hall–Kier alpha value is -2.38. The van der Waals surface area contributed by atoms with Gasteiger partial charge < -0.3 is 20.2 Å². The molecule has 3 aromatic rings. The van der Waals surface area contributed by atoms with Gasteiger partial charge in [-0.25, -0.2) is 9.97 Å². The lowest BCUT2D eigenvalue weighted by molar-refractivity contribution is -0.137. The minimum Gasteiger partial charge on any atom is -0.360 e. The number of halogens is 3. The van der Waals surface area contributed by atoms with E-state index in [0.29, 0.717) is 21.8 Å². The summed E-state index contributed by atoms with van der Waals surface area (Å²) in [5.74, 6) is 0.202. The van der Waals surface area contributed by atoms with Crippen molar-refractivity contribution in [3.8, 4) is 11.3 Å². The van der Waals surface area contributed by atoms with Gasteiger partial charge in [0.25, 0.3) is 0 Å². The van der Waals surface area contributed by atoms with Gasteiger partial charge in [0.15, 0.2) is 0 Å². The number of benzene rings is 1. The molecule has 0 bridgehead atoms. The lowest BCUT2D eigenvalue weighted by atomic mass is 9.85. The van der Waals surface area contributed by atoms with Gasteiger partial charge in [0, 0.05) is 41.2 Å². The molecule has 1 aliphatic carbocycles. The van der Waals surface area contributed by atoms with E-state index in [2.05, 4.69) is 25.6 Å². The first-order valence-electron chi connectivity index (χ1n) is 11.1. The van der Waals surface area contributed by atoms with Crippen molar-refractivity contribution >= 4 is 29.3 Å². The zero-order chi connectivity index (χ0) is 23.4. The fourth-order valence-corrected chi connectivity index (χ4v) is 6.51. The standard InChI is InChI=1S/C23H27F3N5OP/c1-33(2,32)18-5-3-4-15-16(11-28-20(15)18)19-17(23(24,25)26)12-29-21(31-19)30-14-6-7-22(10-14)8-9-27-13-22/h3-5,11-12,14,27-28H,6-10,13H2,1-2H3,(H,29,30,31)/t14-,22-/m0/s1. The van der Waals surface area contributed by atoms with Crippen molar-refractivity contribution in [2.75, 3.05) is 31.7 Å². The topological polar surface area (TPSA) is 82.7 Å². The fraction of sp³-hybridized carbons (Fsp3) is 0.478. The van der Waals surface area contributed by atoms with Crippen LogP contribution < -0.4 is 15.9 Å². The quantitative estimate of drug-likeness (QED) is 0.469. The molecule has 3 N–H and O–H groups in total. The molecular formula is C23H27F3N5OP.